The maximum absolute atomic E-state index is 11.5. The van der Waals surface area contributed by atoms with Gasteiger partial charge in [0, 0.05) is 5.41 Å². The van der Waals surface area contributed by atoms with Gasteiger partial charge in [-0.05, 0) is 12.1 Å². The zero-order valence-corrected chi connectivity index (χ0v) is 8.28. The Hall–Kier alpha value is -1.02. The van der Waals surface area contributed by atoms with Gasteiger partial charge in [-0.1, -0.05) is 39.0 Å². The van der Waals surface area contributed by atoms with Crippen LogP contribution in [0.15, 0.2) is 30.3 Å². The number of ether oxygens (including phenoxy) is 1. The van der Waals surface area contributed by atoms with Gasteiger partial charge in [0.25, 0.3) is 0 Å². The Kier molecular flexibility index (Phi) is 2.94. The van der Waals surface area contributed by atoms with Crippen molar-refractivity contribution >= 4 is 0 Å². The van der Waals surface area contributed by atoms with Crippen molar-refractivity contribution in [2.24, 2.45) is 5.41 Å². The predicted molar refractivity (Wildman–Crippen MR) is 51.0 cm³/mol. The molecule has 0 bridgehead atoms. The molecule has 0 aliphatic carbocycles. The van der Waals surface area contributed by atoms with Crippen molar-refractivity contribution in [3.63, 3.8) is 0 Å². The number of hydrogen-bond acceptors (Lipinski definition) is 1. The first-order chi connectivity index (χ1) is 6.00. The van der Waals surface area contributed by atoms with Crippen molar-refractivity contribution in [3.8, 4) is 5.75 Å². The van der Waals surface area contributed by atoms with E-state index in [1.165, 1.54) is 0 Å². The standard InChI is InChI=1S/C11H15O2/c1-11(2,3)10(12)13-9-7-5-4-6-8-9/h4-8,10H,1-3H3. The number of hydrogen-bond donors (Lipinski definition) is 0. The van der Waals surface area contributed by atoms with E-state index >= 15 is 0 Å². The second kappa shape index (κ2) is 3.79. The molecule has 0 aliphatic heterocycles. The lowest BCUT2D eigenvalue weighted by Crippen LogP contribution is -2.30. The van der Waals surface area contributed by atoms with Crippen LogP contribution in [0.2, 0.25) is 0 Å². The maximum atomic E-state index is 11.5. The van der Waals surface area contributed by atoms with Crippen LogP contribution in [0.25, 0.3) is 0 Å². The van der Waals surface area contributed by atoms with Crippen molar-refractivity contribution in [1.82, 2.24) is 0 Å². The van der Waals surface area contributed by atoms with Gasteiger partial charge in [-0.15, -0.1) is 0 Å². The molecule has 0 saturated heterocycles. The summed E-state index contributed by atoms with van der Waals surface area (Å²) in [7, 11) is 0. The lowest BCUT2D eigenvalue weighted by molar-refractivity contribution is -0.137. The summed E-state index contributed by atoms with van der Waals surface area (Å²) in [6.07, 6.45) is -1.02. The van der Waals surface area contributed by atoms with E-state index in [4.69, 9.17) is 4.74 Å². The first-order valence-electron chi connectivity index (χ1n) is 4.37. The highest BCUT2D eigenvalue weighted by Crippen LogP contribution is 2.22. The molecule has 13 heavy (non-hydrogen) atoms. The zero-order chi connectivity index (χ0) is 9.90. The van der Waals surface area contributed by atoms with Crippen LogP contribution in [0.4, 0.5) is 0 Å². The summed E-state index contributed by atoms with van der Waals surface area (Å²) in [5.41, 5.74) is -0.365. The van der Waals surface area contributed by atoms with Gasteiger partial charge in [-0.25, -0.2) is 0 Å². The van der Waals surface area contributed by atoms with Crippen molar-refractivity contribution in [2.75, 3.05) is 0 Å². The fourth-order valence-electron chi connectivity index (χ4n) is 0.799. The number of para-hydroxylation sites is 1. The van der Waals surface area contributed by atoms with Gasteiger partial charge in [-0.2, -0.15) is 5.11 Å². The fourth-order valence-corrected chi connectivity index (χ4v) is 0.799. The van der Waals surface area contributed by atoms with Gasteiger partial charge < -0.3 is 4.74 Å². The van der Waals surface area contributed by atoms with E-state index in [1.807, 2.05) is 39.0 Å². The van der Waals surface area contributed by atoms with Crippen LogP contribution in [-0.2, 0) is 5.11 Å². The molecule has 0 aliphatic rings. The Labute approximate surface area is 79.2 Å². The second-order valence-electron chi connectivity index (χ2n) is 4.13. The van der Waals surface area contributed by atoms with Crippen LogP contribution < -0.4 is 4.74 Å². The van der Waals surface area contributed by atoms with Crippen LogP contribution in [-0.4, -0.2) is 6.29 Å². The topological polar surface area (TPSA) is 29.1 Å². The average molecular weight is 179 g/mol. The highest BCUT2D eigenvalue weighted by molar-refractivity contribution is 5.21. The molecule has 0 N–H and O–H groups in total. The third-order valence-corrected chi connectivity index (χ3v) is 1.69. The zero-order valence-electron chi connectivity index (χ0n) is 8.28. The monoisotopic (exact) mass is 179 g/mol. The molecule has 0 aromatic heterocycles. The van der Waals surface area contributed by atoms with Crippen molar-refractivity contribution in [3.05, 3.63) is 30.3 Å². The molecule has 0 amide bonds. The smallest absolute Gasteiger partial charge is 0.236 e. The third-order valence-electron chi connectivity index (χ3n) is 1.69. The minimum atomic E-state index is -1.02. The summed E-state index contributed by atoms with van der Waals surface area (Å²) in [5, 5.41) is 11.5. The van der Waals surface area contributed by atoms with Gasteiger partial charge in [0.15, 0.2) is 0 Å². The highest BCUT2D eigenvalue weighted by atomic mass is 16.6. The summed E-state index contributed by atoms with van der Waals surface area (Å²) in [6.45, 7) is 5.61. The Balaban J connectivity index is 2.61. The molecule has 2 heteroatoms. The molecule has 71 valence electrons. The van der Waals surface area contributed by atoms with Gasteiger partial charge in [0.1, 0.15) is 5.75 Å². The molecular formula is C11H15O2. The second-order valence-corrected chi connectivity index (χ2v) is 4.13. The highest BCUT2D eigenvalue weighted by Gasteiger charge is 2.25. The Morgan fingerprint density at radius 2 is 1.69 bits per heavy atom. The fraction of sp³-hybridized carbons (Fsp3) is 0.455. The van der Waals surface area contributed by atoms with Gasteiger partial charge >= 0.3 is 0 Å². The maximum Gasteiger partial charge on any atom is 0.236 e. The summed E-state index contributed by atoms with van der Waals surface area (Å²) in [5.74, 6) is 0.637. The number of benzene rings is 1. The molecule has 1 atom stereocenters. The normalized spacial score (nSPS) is 13.8. The minimum Gasteiger partial charge on any atom is -0.462 e. The summed E-state index contributed by atoms with van der Waals surface area (Å²) >= 11 is 0. The van der Waals surface area contributed by atoms with Crippen LogP contribution >= 0.6 is 0 Å². The summed E-state index contributed by atoms with van der Waals surface area (Å²) < 4.78 is 5.22. The third kappa shape index (κ3) is 3.07. The van der Waals surface area contributed by atoms with E-state index in [1.54, 1.807) is 12.1 Å². The Bertz CT molecular complexity index is 249. The molecule has 0 saturated carbocycles. The van der Waals surface area contributed by atoms with Crippen molar-refractivity contribution in [2.45, 2.75) is 27.1 Å². The molecule has 1 radical (unpaired) electrons. The Morgan fingerprint density at radius 3 is 2.15 bits per heavy atom. The number of rotatable bonds is 2. The van der Waals surface area contributed by atoms with Crippen LogP contribution in [0.3, 0.4) is 0 Å². The summed E-state index contributed by atoms with van der Waals surface area (Å²) in [4.78, 5) is 0. The molecule has 1 aromatic rings. The largest absolute Gasteiger partial charge is 0.462 e. The van der Waals surface area contributed by atoms with Crippen LogP contribution in [0, 0.1) is 5.41 Å². The predicted octanol–water partition coefficient (Wildman–Crippen LogP) is 2.87. The van der Waals surface area contributed by atoms with E-state index in [0.29, 0.717) is 5.75 Å². The first-order valence-corrected chi connectivity index (χ1v) is 4.37. The molecule has 0 spiro atoms. The van der Waals surface area contributed by atoms with Crippen molar-refractivity contribution in [1.29, 1.82) is 0 Å². The van der Waals surface area contributed by atoms with Crippen molar-refractivity contribution < 1.29 is 9.84 Å². The molecule has 1 unspecified atom stereocenters. The summed E-state index contributed by atoms with van der Waals surface area (Å²) in [6, 6.07) is 9.17. The molecule has 2 nitrogen and oxygen atoms in total. The first kappa shape index (κ1) is 10.1. The molecule has 1 aromatic carbocycles. The van der Waals surface area contributed by atoms with Crippen LogP contribution in [0.1, 0.15) is 20.8 Å². The average Bonchev–Trinajstić information content (AvgIpc) is 2.04. The van der Waals surface area contributed by atoms with E-state index in [2.05, 4.69) is 0 Å². The molecule has 0 heterocycles. The molecular weight excluding hydrogens is 164 g/mol. The molecule has 1 rings (SSSR count). The quantitative estimate of drug-likeness (QED) is 0.642. The lowest BCUT2D eigenvalue weighted by atomic mass is 9.96. The van der Waals surface area contributed by atoms with E-state index in [0.717, 1.165) is 0 Å². The van der Waals surface area contributed by atoms with E-state index in [9.17, 15) is 5.11 Å². The Morgan fingerprint density at radius 1 is 1.15 bits per heavy atom. The molecule has 0 fully saturated rings. The van der Waals surface area contributed by atoms with E-state index < -0.39 is 6.29 Å². The lowest BCUT2D eigenvalue weighted by Gasteiger charge is -2.24. The van der Waals surface area contributed by atoms with Crippen LogP contribution in [0.5, 0.6) is 5.75 Å². The van der Waals surface area contributed by atoms with Gasteiger partial charge in [-0.3, -0.25) is 0 Å². The minimum absolute atomic E-state index is 0.365. The van der Waals surface area contributed by atoms with E-state index in [-0.39, 0.29) is 5.41 Å². The van der Waals surface area contributed by atoms with Gasteiger partial charge in [0.2, 0.25) is 6.29 Å². The van der Waals surface area contributed by atoms with Gasteiger partial charge in [0.05, 0.1) is 0 Å². The SMILES string of the molecule is CC(C)(C)C([O])Oc1ccccc1.